The molecule has 47 heavy (non-hydrogen) atoms. The van der Waals surface area contributed by atoms with Crippen molar-refractivity contribution in [2.45, 2.75) is 19.3 Å². The third-order valence-corrected chi connectivity index (χ3v) is 9.82. The van der Waals surface area contributed by atoms with Crippen molar-refractivity contribution in [2.24, 2.45) is 0 Å². The lowest BCUT2D eigenvalue weighted by atomic mass is 9.80. The third kappa shape index (κ3) is 4.48. The number of hydrogen-bond donors (Lipinski definition) is 0. The van der Waals surface area contributed by atoms with Crippen LogP contribution in [-0.2, 0) is 5.41 Å². The third-order valence-electron chi connectivity index (χ3n) is 9.82. The monoisotopic (exact) mass is 600 g/mol. The molecule has 9 rings (SSSR count). The number of nitrogens with zero attached hydrogens (tertiary/aromatic N) is 2. The molecule has 0 N–H and O–H groups in total. The second kappa shape index (κ2) is 10.6. The second-order valence-electron chi connectivity index (χ2n) is 13.0. The van der Waals surface area contributed by atoms with E-state index in [1.165, 1.54) is 55.1 Å². The van der Waals surface area contributed by atoms with Crippen LogP contribution in [0.1, 0.15) is 25.0 Å². The van der Waals surface area contributed by atoms with Gasteiger partial charge in [0.2, 0.25) is 0 Å². The van der Waals surface area contributed by atoms with Gasteiger partial charge >= 0.3 is 0 Å². The zero-order chi connectivity index (χ0) is 31.5. The Morgan fingerprint density at radius 1 is 0.404 bits per heavy atom. The first-order chi connectivity index (χ1) is 23.0. The molecule has 0 atom stereocenters. The topological polar surface area (TPSA) is 25.8 Å². The lowest BCUT2D eigenvalue weighted by Gasteiger charge is -2.24. The molecule has 0 spiro atoms. The zero-order valence-corrected chi connectivity index (χ0v) is 26.4. The molecule has 0 unspecified atom stereocenters. The van der Waals surface area contributed by atoms with Crippen LogP contribution in [0.2, 0.25) is 0 Å². The van der Waals surface area contributed by atoms with Gasteiger partial charge in [-0.1, -0.05) is 147 Å². The van der Waals surface area contributed by atoms with Crippen LogP contribution in [-0.4, -0.2) is 9.97 Å². The molecular weight excluding hydrogens is 569 g/mol. The molecule has 1 aliphatic rings. The number of benzene rings is 7. The molecule has 0 saturated heterocycles. The van der Waals surface area contributed by atoms with E-state index in [0.717, 1.165) is 33.7 Å². The summed E-state index contributed by atoms with van der Waals surface area (Å²) in [6, 6.07) is 56.5. The predicted molar refractivity (Wildman–Crippen MR) is 196 cm³/mol. The minimum absolute atomic E-state index is 0.287. The van der Waals surface area contributed by atoms with Gasteiger partial charge in [0.25, 0.3) is 0 Å². The van der Waals surface area contributed by atoms with Crippen molar-refractivity contribution < 1.29 is 0 Å². The van der Waals surface area contributed by atoms with Crippen molar-refractivity contribution in [1.29, 1.82) is 0 Å². The van der Waals surface area contributed by atoms with Crippen LogP contribution in [0, 0.1) is 0 Å². The highest BCUT2D eigenvalue weighted by Gasteiger charge is 2.40. The Morgan fingerprint density at radius 2 is 0.936 bits per heavy atom. The fourth-order valence-electron chi connectivity index (χ4n) is 7.44. The van der Waals surface area contributed by atoms with Gasteiger partial charge in [0.1, 0.15) is 0 Å². The Balaban J connectivity index is 1.29. The van der Waals surface area contributed by atoms with E-state index in [4.69, 9.17) is 9.97 Å². The van der Waals surface area contributed by atoms with Gasteiger partial charge in [-0.25, -0.2) is 9.97 Å². The lowest BCUT2D eigenvalue weighted by molar-refractivity contribution is 0.658. The number of hydrogen-bond acceptors (Lipinski definition) is 2. The predicted octanol–water partition coefficient (Wildman–Crippen LogP) is 11.8. The first-order valence-electron chi connectivity index (χ1n) is 16.3. The van der Waals surface area contributed by atoms with Crippen LogP contribution < -0.4 is 0 Å². The molecule has 8 aromatic rings. The van der Waals surface area contributed by atoms with Gasteiger partial charge in [-0.15, -0.1) is 0 Å². The summed E-state index contributed by atoms with van der Waals surface area (Å²) < 4.78 is 0. The van der Waals surface area contributed by atoms with Crippen molar-refractivity contribution in [3.63, 3.8) is 0 Å². The smallest absolute Gasteiger partial charge is 0.161 e. The van der Waals surface area contributed by atoms with Gasteiger partial charge in [-0.3, -0.25) is 0 Å². The van der Waals surface area contributed by atoms with E-state index in [0.29, 0.717) is 0 Å². The molecule has 1 aromatic heterocycles. The molecule has 1 aliphatic carbocycles. The largest absolute Gasteiger partial charge is 0.228 e. The minimum Gasteiger partial charge on any atom is -0.228 e. The Kier molecular flexibility index (Phi) is 6.20. The molecule has 0 amide bonds. The molecule has 0 saturated carbocycles. The highest BCUT2D eigenvalue weighted by molar-refractivity contribution is 5.98. The van der Waals surface area contributed by atoms with Crippen molar-refractivity contribution in [2.75, 3.05) is 0 Å². The summed E-state index contributed by atoms with van der Waals surface area (Å²) in [5, 5.41) is 4.81. The summed E-state index contributed by atoms with van der Waals surface area (Å²) in [7, 11) is 0. The van der Waals surface area contributed by atoms with E-state index >= 15 is 0 Å². The zero-order valence-electron chi connectivity index (χ0n) is 26.4. The van der Waals surface area contributed by atoms with Crippen LogP contribution in [0.25, 0.3) is 77.7 Å². The summed E-state index contributed by atoms with van der Waals surface area (Å²) in [5.41, 5.74) is 12.3. The number of aromatic nitrogens is 2. The summed E-state index contributed by atoms with van der Waals surface area (Å²) >= 11 is 0. The SMILES string of the molecule is CC1(C)c2cc3ccccc3cc2-c2nc(-c3cccc4ccccc34)nc(-c3cccc(-c4cccc(-c5ccccc5)c4)c3)c21. The van der Waals surface area contributed by atoms with Gasteiger partial charge < -0.3 is 0 Å². The Bertz CT molecular complexity index is 2490. The molecule has 222 valence electrons. The quantitative estimate of drug-likeness (QED) is 0.201. The fourth-order valence-corrected chi connectivity index (χ4v) is 7.44. The minimum atomic E-state index is -0.287. The maximum absolute atomic E-state index is 5.47. The summed E-state index contributed by atoms with van der Waals surface area (Å²) in [6.07, 6.45) is 0. The Hall–Kier alpha value is -5.86. The van der Waals surface area contributed by atoms with E-state index in [9.17, 15) is 0 Å². The average molecular weight is 601 g/mol. The second-order valence-corrected chi connectivity index (χ2v) is 13.0. The molecule has 2 heteroatoms. The number of rotatable bonds is 4. The molecule has 0 bridgehead atoms. The normalized spacial score (nSPS) is 13.1. The molecule has 0 radical (unpaired) electrons. The van der Waals surface area contributed by atoms with Gasteiger partial charge in [0.15, 0.2) is 5.82 Å². The van der Waals surface area contributed by atoms with Crippen molar-refractivity contribution in [1.82, 2.24) is 9.97 Å². The van der Waals surface area contributed by atoms with E-state index in [1.807, 2.05) is 0 Å². The number of fused-ring (bicyclic) bond motifs is 5. The van der Waals surface area contributed by atoms with Gasteiger partial charge in [-0.05, 0) is 73.6 Å². The van der Waals surface area contributed by atoms with Gasteiger partial charge in [0.05, 0.1) is 11.4 Å². The van der Waals surface area contributed by atoms with Crippen LogP contribution in [0.15, 0.2) is 158 Å². The fraction of sp³-hybridized carbons (Fsp3) is 0.0667. The van der Waals surface area contributed by atoms with Gasteiger partial charge in [-0.2, -0.15) is 0 Å². The van der Waals surface area contributed by atoms with Gasteiger partial charge in [0, 0.05) is 27.7 Å². The van der Waals surface area contributed by atoms with Crippen molar-refractivity contribution >= 4 is 21.5 Å². The van der Waals surface area contributed by atoms with E-state index in [-0.39, 0.29) is 5.41 Å². The highest BCUT2D eigenvalue weighted by Crippen LogP contribution is 2.52. The molecule has 0 aliphatic heterocycles. The standard InChI is InChI=1S/C45H32N2/c1-45(2)40-28-35-17-7-6-16-34(35)27-39(40)43-41(45)42(46-44(47-43)38-24-12-18-30-15-8-9-23-37(30)38)36-22-11-21-33(26-36)32-20-10-19-31(25-32)29-13-4-3-5-14-29/h3-28H,1-2H3. The first-order valence-corrected chi connectivity index (χ1v) is 16.3. The van der Waals surface area contributed by atoms with Crippen LogP contribution in [0.5, 0.6) is 0 Å². The highest BCUT2D eigenvalue weighted by atomic mass is 14.9. The van der Waals surface area contributed by atoms with Crippen molar-refractivity contribution in [3.8, 4) is 56.2 Å². The molecule has 0 fully saturated rings. The summed E-state index contributed by atoms with van der Waals surface area (Å²) in [6.45, 7) is 4.65. The molecule has 2 nitrogen and oxygen atoms in total. The average Bonchev–Trinajstić information content (AvgIpc) is 3.35. The van der Waals surface area contributed by atoms with E-state index in [2.05, 4.69) is 172 Å². The van der Waals surface area contributed by atoms with Crippen molar-refractivity contribution in [3.05, 3.63) is 169 Å². The maximum Gasteiger partial charge on any atom is 0.161 e. The van der Waals surface area contributed by atoms with Crippen LogP contribution in [0.4, 0.5) is 0 Å². The lowest BCUT2D eigenvalue weighted by Crippen LogP contribution is -2.17. The maximum atomic E-state index is 5.47. The Morgan fingerprint density at radius 3 is 1.70 bits per heavy atom. The van der Waals surface area contributed by atoms with E-state index in [1.54, 1.807) is 0 Å². The summed E-state index contributed by atoms with van der Waals surface area (Å²) in [4.78, 5) is 10.9. The van der Waals surface area contributed by atoms with Crippen LogP contribution in [0.3, 0.4) is 0 Å². The van der Waals surface area contributed by atoms with Crippen LogP contribution >= 0.6 is 0 Å². The molecule has 1 heterocycles. The summed E-state index contributed by atoms with van der Waals surface area (Å²) in [5.74, 6) is 0.754. The first kappa shape index (κ1) is 27.5. The Labute approximate surface area is 275 Å². The molecule has 7 aromatic carbocycles. The van der Waals surface area contributed by atoms with E-state index < -0.39 is 0 Å². The molecular formula is C45H32N2.